The highest BCUT2D eigenvalue weighted by atomic mass is 14.8. The van der Waals surface area contributed by atoms with E-state index in [9.17, 15) is 0 Å². The molecule has 88 valence electrons. The van der Waals surface area contributed by atoms with Crippen LogP contribution in [0.5, 0.6) is 0 Å². The summed E-state index contributed by atoms with van der Waals surface area (Å²) in [4.78, 5) is 8.97. The van der Waals surface area contributed by atoms with Crippen molar-refractivity contribution in [2.45, 2.75) is 58.8 Å². The monoisotopic (exact) mass is 218 g/mol. The number of aryl methyl sites for hydroxylation is 2. The largest absolute Gasteiger partial charge is 0.258 e. The number of nitrogens with zero attached hydrogens (tertiary/aromatic N) is 2. The summed E-state index contributed by atoms with van der Waals surface area (Å²) < 4.78 is 0. The van der Waals surface area contributed by atoms with Crippen LogP contribution in [0.4, 0.5) is 0 Å². The summed E-state index contributed by atoms with van der Waals surface area (Å²) in [5.74, 6) is 0. The lowest BCUT2D eigenvalue weighted by Crippen LogP contribution is -2.15. The third kappa shape index (κ3) is 3.03. The zero-order chi connectivity index (χ0) is 11.4. The van der Waals surface area contributed by atoms with E-state index in [4.69, 9.17) is 0 Å². The molecule has 0 N–H and O–H groups in total. The Morgan fingerprint density at radius 1 is 0.875 bits per heavy atom. The van der Waals surface area contributed by atoms with Gasteiger partial charge < -0.3 is 0 Å². The molecule has 0 bridgehead atoms. The first-order chi connectivity index (χ1) is 7.67. The second-order valence-electron chi connectivity index (χ2n) is 5.67. The van der Waals surface area contributed by atoms with Crippen LogP contribution in [0.2, 0.25) is 0 Å². The Morgan fingerprint density at radius 3 is 2.31 bits per heavy atom. The van der Waals surface area contributed by atoms with Gasteiger partial charge in [-0.2, -0.15) is 0 Å². The predicted octanol–water partition coefficient (Wildman–Crippen LogP) is 3.55. The van der Waals surface area contributed by atoms with Crippen LogP contribution < -0.4 is 0 Å². The fourth-order valence-electron chi connectivity index (χ4n) is 2.47. The molecule has 0 radical (unpaired) electrons. The molecule has 2 rings (SSSR count). The van der Waals surface area contributed by atoms with E-state index >= 15 is 0 Å². The van der Waals surface area contributed by atoms with Crippen LogP contribution in [0.1, 0.15) is 57.3 Å². The van der Waals surface area contributed by atoms with Crippen LogP contribution >= 0.6 is 0 Å². The predicted molar refractivity (Wildman–Crippen MR) is 66.3 cm³/mol. The van der Waals surface area contributed by atoms with Crippen molar-refractivity contribution in [2.75, 3.05) is 0 Å². The van der Waals surface area contributed by atoms with Gasteiger partial charge in [-0.05, 0) is 37.5 Å². The molecule has 0 atom stereocenters. The van der Waals surface area contributed by atoms with Crippen LogP contribution in [-0.4, -0.2) is 9.97 Å². The Kier molecular flexibility index (Phi) is 3.57. The molecule has 1 aliphatic carbocycles. The third-order valence-corrected chi connectivity index (χ3v) is 3.67. The lowest BCUT2D eigenvalue weighted by molar-refractivity contribution is 0.291. The van der Waals surface area contributed by atoms with E-state index in [1.54, 1.807) is 0 Å². The van der Waals surface area contributed by atoms with Gasteiger partial charge in [-0.1, -0.05) is 26.7 Å². The van der Waals surface area contributed by atoms with Gasteiger partial charge in [-0.25, -0.2) is 0 Å². The molecule has 0 aromatic carbocycles. The molecular formula is C14H22N2. The van der Waals surface area contributed by atoms with Crippen molar-refractivity contribution in [3.8, 4) is 0 Å². The number of rotatable bonds is 0. The first kappa shape index (κ1) is 11.6. The van der Waals surface area contributed by atoms with Crippen molar-refractivity contribution < 1.29 is 0 Å². The summed E-state index contributed by atoms with van der Waals surface area (Å²) in [5.41, 5.74) is 2.93. The van der Waals surface area contributed by atoms with Crippen molar-refractivity contribution in [1.82, 2.24) is 9.97 Å². The van der Waals surface area contributed by atoms with Gasteiger partial charge in [0.1, 0.15) is 0 Å². The summed E-state index contributed by atoms with van der Waals surface area (Å²) in [5, 5.41) is 0. The lowest BCUT2D eigenvalue weighted by atomic mass is 9.81. The molecule has 0 saturated heterocycles. The number of hydrogen-bond donors (Lipinski definition) is 0. The summed E-state index contributed by atoms with van der Waals surface area (Å²) in [7, 11) is 0. The van der Waals surface area contributed by atoms with Gasteiger partial charge in [0.25, 0.3) is 0 Å². The summed E-state index contributed by atoms with van der Waals surface area (Å²) in [6, 6.07) is 0. The van der Waals surface area contributed by atoms with Gasteiger partial charge in [0.05, 0.1) is 11.4 Å². The van der Waals surface area contributed by atoms with E-state index in [-0.39, 0.29) is 0 Å². The van der Waals surface area contributed by atoms with Gasteiger partial charge in [0, 0.05) is 12.4 Å². The van der Waals surface area contributed by atoms with Crippen LogP contribution in [0.15, 0.2) is 12.4 Å². The fraction of sp³-hybridized carbons (Fsp3) is 0.714. The minimum Gasteiger partial charge on any atom is -0.258 e. The molecular weight excluding hydrogens is 196 g/mol. The topological polar surface area (TPSA) is 25.8 Å². The highest BCUT2D eigenvalue weighted by Crippen LogP contribution is 2.30. The molecule has 0 saturated carbocycles. The molecule has 0 aliphatic heterocycles. The Morgan fingerprint density at radius 2 is 1.56 bits per heavy atom. The molecule has 2 heteroatoms. The molecule has 1 aromatic heterocycles. The van der Waals surface area contributed by atoms with Crippen molar-refractivity contribution in [3.05, 3.63) is 23.8 Å². The fourth-order valence-corrected chi connectivity index (χ4v) is 2.47. The maximum Gasteiger partial charge on any atom is 0.0618 e. The molecule has 1 aromatic rings. The highest BCUT2D eigenvalue weighted by Gasteiger charge is 2.19. The Hall–Kier alpha value is -0.920. The molecule has 1 aliphatic rings. The van der Waals surface area contributed by atoms with Crippen LogP contribution in [0.3, 0.4) is 0 Å². The van der Waals surface area contributed by atoms with Gasteiger partial charge in [0.2, 0.25) is 0 Å². The van der Waals surface area contributed by atoms with Crippen molar-refractivity contribution >= 4 is 0 Å². The van der Waals surface area contributed by atoms with E-state index in [0.717, 1.165) is 12.8 Å². The van der Waals surface area contributed by atoms with E-state index in [1.165, 1.54) is 43.5 Å². The van der Waals surface area contributed by atoms with Gasteiger partial charge in [0.15, 0.2) is 0 Å². The van der Waals surface area contributed by atoms with Gasteiger partial charge >= 0.3 is 0 Å². The normalized spacial score (nSPS) is 21.1. The molecule has 0 amide bonds. The molecule has 1 heterocycles. The Labute approximate surface area is 98.5 Å². The maximum atomic E-state index is 4.50. The van der Waals surface area contributed by atoms with E-state index in [2.05, 4.69) is 23.8 Å². The smallest absolute Gasteiger partial charge is 0.0618 e. The highest BCUT2D eigenvalue weighted by molar-refractivity contribution is 5.11. The average Bonchev–Trinajstić information content (AvgIpc) is 2.27. The molecule has 0 fully saturated rings. The summed E-state index contributed by atoms with van der Waals surface area (Å²) in [6.45, 7) is 4.76. The molecule has 0 spiro atoms. The first-order valence-electron chi connectivity index (χ1n) is 6.46. The Balaban J connectivity index is 2.16. The van der Waals surface area contributed by atoms with E-state index in [0.29, 0.717) is 5.41 Å². The SMILES string of the molecule is CC1(C)CCCCCc2nccnc2CC1. The first-order valence-corrected chi connectivity index (χ1v) is 6.46. The number of hydrogen-bond acceptors (Lipinski definition) is 2. The van der Waals surface area contributed by atoms with Crippen molar-refractivity contribution in [1.29, 1.82) is 0 Å². The zero-order valence-corrected chi connectivity index (χ0v) is 10.5. The zero-order valence-electron chi connectivity index (χ0n) is 10.5. The maximum absolute atomic E-state index is 4.50. The van der Waals surface area contributed by atoms with Crippen molar-refractivity contribution in [2.24, 2.45) is 5.41 Å². The standard InChI is InChI=1S/C14H22N2/c1-14(2)8-5-3-4-6-12-13(7-9-14)16-11-10-15-12/h10-11H,3-9H2,1-2H3. The summed E-state index contributed by atoms with van der Waals surface area (Å²) >= 11 is 0. The van der Waals surface area contributed by atoms with E-state index < -0.39 is 0 Å². The van der Waals surface area contributed by atoms with Crippen molar-refractivity contribution in [3.63, 3.8) is 0 Å². The number of aromatic nitrogens is 2. The molecule has 2 nitrogen and oxygen atoms in total. The van der Waals surface area contributed by atoms with Crippen LogP contribution in [0.25, 0.3) is 0 Å². The van der Waals surface area contributed by atoms with Gasteiger partial charge in [-0.15, -0.1) is 0 Å². The van der Waals surface area contributed by atoms with E-state index in [1.807, 2.05) is 12.4 Å². The number of fused-ring (bicyclic) bond motifs is 1. The minimum atomic E-state index is 0.464. The van der Waals surface area contributed by atoms with Crippen LogP contribution in [0, 0.1) is 5.41 Å². The third-order valence-electron chi connectivity index (χ3n) is 3.67. The van der Waals surface area contributed by atoms with Crippen LogP contribution in [-0.2, 0) is 12.8 Å². The quantitative estimate of drug-likeness (QED) is 0.665. The average molecular weight is 218 g/mol. The second-order valence-corrected chi connectivity index (χ2v) is 5.67. The molecule has 0 unspecified atom stereocenters. The Bertz CT molecular complexity index is 344. The summed E-state index contributed by atoms with van der Waals surface area (Å²) in [6.07, 6.45) is 12.4. The minimum absolute atomic E-state index is 0.464. The lowest BCUT2D eigenvalue weighted by Gasteiger charge is -2.25. The van der Waals surface area contributed by atoms with Gasteiger partial charge in [-0.3, -0.25) is 9.97 Å². The molecule has 16 heavy (non-hydrogen) atoms. The second kappa shape index (κ2) is 4.94.